The van der Waals surface area contributed by atoms with Crippen molar-refractivity contribution in [3.63, 3.8) is 0 Å². The fourth-order valence-electron chi connectivity index (χ4n) is 6.25. The molecule has 5 heteroatoms. The minimum absolute atomic E-state index is 0.152. The summed E-state index contributed by atoms with van der Waals surface area (Å²) in [7, 11) is 0. The summed E-state index contributed by atoms with van der Waals surface area (Å²) in [6.45, 7) is 11.7. The molecule has 1 heterocycles. The van der Waals surface area contributed by atoms with Crippen molar-refractivity contribution in [3.8, 4) is 0 Å². The number of hydrogen-bond acceptors (Lipinski definition) is 3. The number of ether oxygens (including phenoxy) is 1. The highest BCUT2D eigenvalue weighted by Crippen LogP contribution is 2.63. The Labute approximate surface area is 168 Å². The van der Waals surface area contributed by atoms with Gasteiger partial charge in [0.25, 0.3) is 0 Å². The summed E-state index contributed by atoms with van der Waals surface area (Å²) in [5, 5.41) is 10.6. The first-order valence-corrected chi connectivity index (χ1v) is 10.9. The highest BCUT2D eigenvalue weighted by molar-refractivity contribution is 5.47. The van der Waals surface area contributed by atoms with E-state index in [-0.39, 0.29) is 22.8 Å². The van der Waals surface area contributed by atoms with E-state index >= 15 is 0 Å². The van der Waals surface area contributed by atoms with E-state index in [1.54, 1.807) is 6.07 Å². The largest absolute Gasteiger partial charge is 0.385 e. The Morgan fingerprint density at radius 2 is 1.96 bits per heavy atom. The Kier molecular flexibility index (Phi) is 5.45. The third kappa shape index (κ3) is 3.69. The number of aliphatic hydroxyl groups is 1. The van der Waals surface area contributed by atoms with Crippen LogP contribution in [0.1, 0.15) is 40.0 Å². The summed E-state index contributed by atoms with van der Waals surface area (Å²) >= 11 is 0. The second kappa shape index (κ2) is 7.58. The molecule has 1 saturated heterocycles. The van der Waals surface area contributed by atoms with Crippen LogP contribution in [-0.2, 0) is 4.74 Å². The van der Waals surface area contributed by atoms with Crippen molar-refractivity contribution in [2.75, 3.05) is 44.2 Å². The number of nitrogens with zero attached hydrogens (tertiary/aromatic N) is 1. The maximum absolute atomic E-state index is 14.0. The van der Waals surface area contributed by atoms with E-state index in [1.807, 2.05) is 12.1 Å². The van der Waals surface area contributed by atoms with E-state index in [2.05, 4.69) is 25.7 Å². The molecule has 4 rings (SSSR count). The number of piperazine rings is 1. The highest BCUT2D eigenvalue weighted by atomic mass is 19.1. The van der Waals surface area contributed by atoms with Crippen molar-refractivity contribution in [3.05, 3.63) is 30.1 Å². The second-order valence-electron chi connectivity index (χ2n) is 10.2. The molecule has 4 atom stereocenters. The Bertz CT molecular complexity index is 684. The SMILES string of the molecule is CC1(C)[C@@H]2CC[C@@](C)(C2)[C@@H]1OC[C@H](O)C[NH+]1CCN(c2ccccc2F)CC1. The second-order valence-corrected chi connectivity index (χ2v) is 10.2. The van der Waals surface area contributed by atoms with Crippen LogP contribution in [0.15, 0.2) is 24.3 Å². The molecule has 0 aromatic heterocycles. The monoisotopic (exact) mass is 391 g/mol. The van der Waals surface area contributed by atoms with E-state index < -0.39 is 6.10 Å². The third-order valence-corrected chi connectivity index (χ3v) is 7.78. The van der Waals surface area contributed by atoms with Gasteiger partial charge >= 0.3 is 0 Å². The van der Waals surface area contributed by atoms with Crippen LogP contribution in [0, 0.1) is 22.6 Å². The molecule has 0 unspecified atom stereocenters. The van der Waals surface area contributed by atoms with Gasteiger partial charge in [0.1, 0.15) is 18.5 Å². The smallest absolute Gasteiger partial charge is 0.146 e. The van der Waals surface area contributed by atoms with Crippen molar-refractivity contribution in [2.45, 2.75) is 52.2 Å². The summed E-state index contributed by atoms with van der Waals surface area (Å²) in [6.07, 6.45) is 3.66. The minimum atomic E-state index is -0.437. The Morgan fingerprint density at radius 1 is 1.25 bits per heavy atom. The van der Waals surface area contributed by atoms with E-state index in [9.17, 15) is 9.50 Å². The van der Waals surface area contributed by atoms with Crippen LogP contribution in [0.4, 0.5) is 10.1 Å². The van der Waals surface area contributed by atoms with Gasteiger partial charge in [0.15, 0.2) is 0 Å². The van der Waals surface area contributed by atoms with Crippen molar-refractivity contribution in [1.82, 2.24) is 0 Å². The molecule has 1 aromatic rings. The molecule has 2 N–H and O–H groups in total. The number of hydrogen-bond donors (Lipinski definition) is 2. The van der Waals surface area contributed by atoms with E-state index in [4.69, 9.17) is 4.74 Å². The van der Waals surface area contributed by atoms with E-state index in [0.717, 1.165) is 32.1 Å². The lowest BCUT2D eigenvalue weighted by molar-refractivity contribution is -0.903. The van der Waals surface area contributed by atoms with Gasteiger partial charge in [0, 0.05) is 0 Å². The number of para-hydroxylation sites is 1. The molecule has 156 valence electrons. The number of nitrogens with one attached hydrogen (secondary N) is 1. The van der Waals surface area contributed by atoms with Crippen molar-refractivity contribution < 1.29 is 19.1 Å². The Morgan fingerprint density at radius 3 is 2.61 bits per heavy atom. The Hall–Kier alpha value is -1.17. The summed E-state index contributed by atoms with van der Waals surface area (Å²) in [5.74, 6) is 0.609. The molecular weight excluding hydrogens is 355 g/mol. The maximum atomic E-state index is 14.0. The van der Waals surface area contributed by atoms with Gasteiger partial charge in [-0.25, -0.2) is 4.39 Å². The molecule has 0 radical (unpaired) electrons. The number of quaternary nitrogens is 1. The minimum Gasteiger partial charge on any atom is -0.385 e. The van der Waals surface area contributed by atoms with Crippen molar-refractivity contribution >= 4 is 5.69 Å². The van der Waals surface area contributed by atoms with Crippen LogP contribution in [-0.4, -0.2) is 56.6 Å². The molecule has 28 heavy (non-hydrogen) atoms. The van der Waals surface area contributed by atoms with Crippen molar-refractivity contribution in [2.24, 2.45) is 16.7 Å². The Balaban J connectivity index is 1.24. The van der Waals surface area contributed by atoms with Gasteiger partial charge in [0.2, 0.25) is 0 Å². The maximum Gasteiger partial charge on any atom is 0.146 e. The zero-order valence-electron chi connectivity index (χ0n) is 17.6. The number of benzene rings is 1. The first kappa shape index (κ1) is 20.1. The topological polar surface area (TPSA) is 37.1 Å². The van der Waals surface area contributed by atoms with Gasteiger partial charge < -0.3 is 19.6 Å². The summed E-state index contributed by atoms with van der Waals surface area (Å²) in [4.78, 5) is 3.49. The molecule has 1 aliphatic heterocycles. The number of halogens is 1. The summed E-state index contributed by atoms with van der Waals surface area (Å²) in [5.41, 5.74) is 1.19. The molecular formula is C23H36FN2O2+. The average molecular weight is 392 g/mol. The molecule has 3 fully saturated rings. The summed E-state index contributed by atoms with van der Waals surface area (Å²) in [6, 6.07) is 6.99. The molecule has 0 amide bonds. The van der Waals surface area contributed by atoms with Crippen LogP contribution in [0.5, 0.6) is 0 Å². The van der Waals surface area contributed by atoms with Crippen LogP contribution in [0.25, 0.3) is 0 Å². The quantitative estimate of drug-likeness (QED) is 0.780. The van der Waals surface area contributed by atoms with Gasteiger partial charge in [-0.1, -0.05) is 32.9 Å². The van der Waals surface area contributed by atoms with Crippen molar-refractivity contribution in [1.29, 1.82) is 0 Å². The molecule has 1 aromatic carbocycles. The standard InChI is InChI=1S/C23H35FN2O2/c1-22(2)17-8-9-23(3,14-17)21(22)28-16-18(27)15-25-10-12-26(13-11-25)20-7-5-4-6-19(20)24/h4-7,17-18,21,27H,8-16H2,1-3H3/p+1/t17-,18-,21-,23+/m1/s1. The lowest BCUT2D eigenvalue weighted by Crippen LogP contribution is -3.16. The van der Waals surface area contributed by atoms with Gasteiger partial charge in [-0.05, 0) is 48.1 Å². The fraction of sp³-hybridized carbons (Fsp3) is 0.739. The van der Waals surface area contributed by atoms with Crippen LogP contribution in [0.3, 0.4) is 0 Å². The zero-order chi connectivity index (χ0) is 19.9. The molecule has 4 nitrogen and oxygen atoms in total. The zero-order valence-corrected chi connectivity index (χ0v) is 17.6. The molecule has 2 bridgehead atoms. The van der Waals surface area contributed by atoms with Gasteiger partial charge in [-0.3, -0.25) is 0 Å². The highest BCUT2D eigenvalue weighted by Gasteiger charge is 2.60. The number of fused-ring (bicyclic) bond motifs is 2. The van der Waals surface area contributed by atoms with Gasteiger partial charge in [-0.15, -0.1) is 0 Å². The summed E-state index contributed by atoms with van der Waals surface area (Å²) < 4.78 is 20.3. The van der Waals surface area contributed by atoms with Crippen LogP contribution >= 0.6 is 0 Å². The first-order valence-electron chi connectivity index (χ1n) is 10.9. The first-order chi connectivity index (χ1) is 13.3. The van der Waals surface area contributed by atoms with Crippen LogP contribution in [0.2, 0.25) is 0 Å². The molecule has 3 aliphatic rings. The predicted molar refractivity (Wildman–Crippen MR) is 109 cm³/mol. The normalized spacial score (nSPS) is 33.4. The molecule has 2 saturated carbocycles. The molecule has 0 spiro atoms. The lowest BCUT2D eigenvalue weighted by Gasteiger charge is -2.42. The number of aliphatic hydroxyl groups excluding tert-OH is 1. The average Bonchev–Trinajstić information content (AvgIpc) is 3.14. The number of anilines is 1. The van der Waals surface area contributed by atoms with E-state index in [1.165, 1.54) is 30.2 Å². The van der Waals surface area contributed by atoms with Gasteiger partial charge in [-0.2, -0.15) is 0 Å². The number of rotatable bonds is 6. The van der Waals surface area contributed by atoms with Crippen LogP contribution < -0.4 is 9.80 Å². The van der Waals surface area contributed by atoms with Gasteiger partial charge in [0.05, 0.1) is 44.6 Å². The molecule has 2 aliphatic carbocycles. The third-order valence-electron chi connectivity index (χ3n) is 7.78. The van der Waals surface area contributed by atoms with E-state index in [0.29, 0.717) is 18.8 Å². The predicted octanol–water partition coefficient (Wildman–Crippen LogP) is 2.12. The lowest BCUT2D eigenvalue weighted by atomic mass is 9.70. The fourth-order valence-corrected chi connectivity index (χ4v) is 6.25.